The first kappa shape index (κ1) is 19.5. The van der Waals surface area contributed by atoms with Gasteiger partial charge in [-0.05, 0) is 50.2 Å². The Labute approximate surface area is 163 Å². The van der Waals surface area contributed by atoms with Crippen LogP contribution in [0.5, 0.6) is 11.5 Å². The number of nitrogens with zero attached hydrogens (tertiary/aromatic N) is 1. The largest absolute Gasteiger partial charge is 0.493 e. The van der Waals surface area contributed by atoms with E-state index in [9.17, 15) is 4.79 Å². The molecule has 1 amide bonds. The average molecular weight is 470 g/mol. The standard InChI is InChI=1S/C18H18Br2N2O3/c1-3-24-16-7-5-13(19)9-12(16)11-21-22-18(23)15-10-14(20)6-8-17(15)25-4-2/h5-11H,3-4H2,1-2H3,(H,22,23). The molecule has 0 saturated carbocycles. The first-order valence-corrected chi connectivity index (χ1v) is 9.31. The third kappa shape index (κ3) is 5.57. The van der Waals surface area contributed by atoms with Crippen molar-refractivity contribution in [3.05, 3.63) is 56.5 Å². The van der Waals surface area contributed by atoms with Crippen LogP contribution in [-0.2, 0) is 0 Å². The summed E-state index contributed by atoms with van der Waals surface area (Å²) in [4.78, 5) is 12.4. The van der Waals surface area contributed by atoms with E-state index in [1.165, 1.54) is 0 Å². The van der Waals surface area contributed by atoms with Crippen LogP contribution in [-0.4, -0.2) is 25.3 Å². The van der Waals surface area contributed by atoms with E-state index in [2.05, 4.69) is 42.4 Å². The third-order valence-corrected chi connectivity index (χ3v) is 4.11. The van der Waals surface area contributed by atoms with E-state index in [-0.39, 0.29) is 5.91 Å². The molecule has 0 radical (unpaired) electrons. The van der Waals surface area contributed by atoms with Crippen molar-refractivity contribution >= 4 is 44.0 Å². The van der Waals surface area contributed by atoms with E-state index in [0.29, 0.717) is 30.3 Å². The van der Waals surface area contributed by atoms with E-state index in [0.717, 1.165) is 14.5 Å². The van der Waals surface area contributed by atoms with Crippen molar-refractivity contribution in [3.8, 4) is 11.5 Å². The highest BCUT2D eigenvalue weighted by Crippen LogP contribution is 2.24. The fraction of sp³-hybridized carbons (Fsp3) is 0.222. The number of nitrogens with one attached hydrogen (secondary N) is 1. The molecule has 0 atom stereocenters. The summed E-state index contributed by atoms with van der Waals surface area (Å²) < 4.78 is 12.7. The molecule has 0 aliphatic rings. The van der Waals surface area contributed by atoms with Gasteiger partial charge in [0.1, 0.15) is 11.5 Å². The maximum Gasteiger partial charge on any atom is 0.275 e. The molecule has 2 aromatic carbocycles. The van der Waals surface area contributed by atoms with Crippen molar-refractivity contribution in [1.82, 2.24) is 5.43 Å². The molecule has 2 aromatic rings. The molecule has 0 fully saturated rings. The highest BCUT2D eigenvalue weighted by Gasteiger charge is 2.12. The Bertz CT molecular complexity index is 779. The second-order valence-corrected chi connectivity index (χ2v) is 6.72. The van der Waals surface area contributed by atoms with Crippen LogP contribution in [0.2, 0.25) is 0 Å². The van der Waals surface area contributed by atoms with Gasteiger partial charge in [0, 0.05) is 14.5 Å². The molecule has 0 aliphatic heterocycles. The molecule has 2 rings (SSSR count). The summed E-state index contributed by atoms with van der Waals surface area (Å²) in [7, 11) is 0. The van der Waals surface area contributed by atoms with Crippen molar-refractivity contribution in [2.24, 2.45) is 5.10 Å². The maximum atomic E-state index is 12.4. The second kappa shape index (κ2) is 9.58. The Morgan fingerprint density at radius 3 is 2.32 bits per heavy atom. The summed E-state index contributed by atoms with van der Waals surface area (Å²) in [6, 6.07) is 10.9. The predicted octanol–water partition coefficient (Wildman–Crippen LogP) is 4.77. The number of hydrogen-bond acceptors (Lipinski definition) is 4. The zero-order valence-corrected chi connectivity index (χ0v) is 17.1. The number of halogens is 2. The number of benzene rings is 2. The van der Waals surface area contributed by atoms with Crippen LogP contribution in [0.25, 0.3) is 0 Å². The second-order valence-electron chi connectivity index (χ2n) is 4.89. The van der Waals surface area contributed by atoms with E-state index < -0.39 is 0 Å². The van der Waals surface area contributed by atoms with Gasteiger partial charge in [0.15, 0.2) is 0 Å². The van der Waals surface area contributed by atoms with Crippen molar-refractivity contribution in [2.75, 3.05) is 13.2 Å². The summed E-state index contributed by atoms with van der Waals surface area (Å²) in [5.74, 6) is 0.853. The molecular formula is C18H18Br2N2O3. The highest BCUT2D eigenvalue weighted by atomic mass is 79.9. The lowest BCUT2D eigenvalue weighted by Crippen LogP contribution is -2.19. The van der Waals surface area contributed by atoms with Crippen LogP contribution >= 0.6 is 31.9 Å². The van der Waals surface area contributed by atoms with Gasteiger partial charge in [-0.2, -0.15) is 5.10 Å². The molecule has 1 N–H and O–H groups in total. The Hall–Kier alpha value is -1.86. The Morgan fingerprint density at radius 2 is 1.64 bits per heavy atom. The summed E-state index contributed by atoms with van der Waals surface area (Å²) in [6.45, 7) is 4.79. The Balaban J connectivity index is 2.16. The molecule has 0 saturated heterocycles. The molecule has 0 aromatic heterocycles. The molecule has 132 valence electrons. The monoisotopic (exact) mass is 468 g/mol. The molecular weight excluding hydrogens is 452 g/mol. The lowest BCUT2D eigenvalue weighted by molar-refractivity contribution is 0.0951. The van der Waals surface area contributed by atoms with Gasteiger partial charge in [-0.15, -0.1) is 0 Å². The van der Waals surface area contributed by atoms with Crippen LogP contribution in [0.1, 0.15) is 29.8 Å². The van der Waals surface area contributed by atoms with Crippen LogP contribution in [0.15, 0.2) is 50.4 Å². The van der Waals surface area contributed by atoms with Crippen LogP contribution in [0, 0.1) is 0 Å². The molecule has 7 heteroatoms. The van der Waals surface area contributed by atoms with E-state index >= 15 is 0 Å². The number of carbonyl (C=O) groups is 1. The fourth-order valence-electron chi connectivity index (χ4n) is 2.09. The number of ether oxygens (including phenoxy) is 2. The predicted molar refractivity (Wildman–Crippen MR) is 106 cm³/mol. The highest BCUT2D eigenvalue weighted by molar-refractivity contribution is 9.10. The van der Waals surface area contributed by atoms with Crippen molar-refractivity contribution < 1.29 is 14.3 Å². The molecule has 0 heterocycles. The number of amides is 1. The van der Waals surface area contributed by atoms with Gasteiger partial charge in [0.2, 0.25) is 0 Å². The van der Waals surface area contributed by atoms with Gasteiger partial charge in [-0.3, -0.25) is 4.79 Å². The molecule has 5 nitrogen and oxygen atoms in total. The minimum atomic E-state index is -0.353. The smallest absolute Gasteiger partial charge is 0.275 e. The lowest BCUT2D eigenvalue weighted by Gasteiger charge is -2.09. The van der Waals surface area contributed by atoms with E-state index in [1.807, 2.05) is 38.1 Å². The van der Waals surface area contributed by atoms with Crippen LogP contribution in [0.4, 0.5) is 0 Å². The quantitative estimate of drug-likeness (QED) is 0.469. The first-order valence-electron chi connectivity index (χ1n) is 7.73. The molecule has 25 heavy (non-hydrogen) atoms. The Kier molecular flexibility index (Phi) is 7.46. The summed E-state index contributed by atoms with van der Waals surface area (Å²) in [6.07, 6.45) is 1.55. The van der Waals surface area contributed by atoms with Crippen molar-refractivity contribution in [2.45, 2.75) is 13.8 Å². The van der Waals surface area contributed by atoms with E-state index in [4.69, 9.17) is 9.47 Å². The minimum absolute atomic E-state index is 0.353. The number of rotatable bonds is 7. The van der Waals surface area contributed by atoms with Crippen molar-refractivity contribution in [3.63, 3.8) is 0 Å². The lowest BCUT2D eigenvalue weighted by atomic mass is 10.2. The topological polar surface area (TPSA) is 59.9 Å². The van der Waals surface area contributed by atoms with Gasteiger partial charge >= 0.3 is 0 Å². The van der Waals surface area contributed by atoms with E-state index in [1.54, 1.807) is 18.3 Å². The Morgan fingerprint density at radius 1 is 1.04 bits per heavy atom. The number of carbonyl (C=O) groups excluding carboxylic acids is 1. The molecule has 0 bridgehead atoms. The molecule has 0 unspecified atom stereocenters. The number of hydrogen-bond donors (Lipinski definition) is 1. The summed E-state index contributed by atoms with van der Waals surface area (Å²) >= 11 is 6.77. The average Bonchev–Trinajstić information content (AvgIpc) is 2.59. The minimum Gasteiger partial charge on any atom is -0.493 e. The molecule has 0 spiro atoms. The summed E-state index contributed by atoms with van der Waals surface area (Å²) in [5.41, 5.74) is 3.69. The normalized spacial score (nSPS) is 10.7. The number of hydrazone groups is 1. The van der Waals surface area contributed by atoms with Gasteiger partial charge in [-0.1, -0.05) is 31.9 Å². The van der Waals surface area contributed by atoms with Gasteiger partial charge in [-0.25, -0.2) is 5.43 Å². The SMILES string of the molecule is CCOc1ccc(Br)cc1C=NNC(=O)c1cc(Br)ccc1OCC. The van der Waals surface area contributed by atoms with Crippen LogP contribution < -0.4 is 14.9 Å². The molecule has 0 aliphatic carbocycles. The zero-order chi connectivity index (χ0) is 18.2. The van der Waals surface area contributed by atoms with Gasteiger partial charge < -0.3 is 9.47 Å². The maximum absolute atomic E-state index is 12.4. The first-order chi connectivity index (χ1) is 12.0. The van der Waals surface area contributed by atoms with Gasteiger partial charge in [0.25, 0.3) is 5.91 Å². The zero-order valence-electron chi connectivity index (χ0n) is 13.9. The summed E-state index contributed by atoms with van der Waals surface area (Å²) in [5, 5.41) is 4.04. The van der Waals surface area contributed by atoms with Crippen molar-refractivity contribution in [1.29, 1.82) is 0 Å². The van der Waals surface area contributed by atoms with Crippen LogP contribution in [0.3, 0.4) is 0 Å². The van der Waals surface area contributed by atoms with Gasteiger partial charge in [0.05, 0.1) is 25.0 Å². The third-order valence-electron chi connectivity index (χ3n) is 3.13. The fourth-order valence-corrected chi connectivity index (χ4v) is 2.83.